The molecule has 16 heteroatoms. The van der Waals surface area contributed by atoms with Crippen molar-refractivity contribution in [2.75, 3.05) is 10.6 Å². The lowest BCUT2D eigenvalue weighted by molar-refractivity contribution is -0.385. The van der Waals surface area contributed by atoms with Gasteiger partial charge in [0.05, 0.1) is 9.85 Å². The van der Waals surface area contributed by atoms with Crippen molar-refractivity contribution in [3.05, 3.63) is 56.9 Å². The van der Waals surface area contributed by atoms with E-state index in [0.717, 1.165) is 12.1 Å². The van der Waals surface area contributed by atoms with Gasteiger partial charge >= 0.3 is 23.7 Å². The lowest BCUT2D eigenvalue weighted by atomic mass is 10.1. The summed E-state index contributed by atoms with van der Waals surface area (Å²) in [5.41, 5.74) is -1.11. The molecule has 0 aliphatic carbocycles. The van der Waals surface area contributed by atoms with Crippen molar-refractivity contribution in [1.82, 2.24) is 9.97 Å². The van der Waals surface area contributed by atoms with Gasteiger partial charge in [-0.1, -0.05) is 0 Å². The fourth-order valence-corrected chi connectivity index (χ4v) is 1.81. The molecule has 2 aromatic rings. The first-order valence-electron chi connectivity index (χ1n) is 7.45. The molecule has 158 valence electrons. The summed E-state index contributed by atoms with van der Waals surface area (Å²) in [5, 5.41) is 23.6. The number of hydrogen-bond acceptors (Lipinski definition) is 8. The van der Waals surface area contributed by atoms with Crippen LogP contribution in [0.4, 0.5) is 40.6 Å². The number of pyridine rings is 2. The van der Waals surface area contributed by atoms with Crippen molar-refractivity contribution >= 4 is 34.8 Å². The second kappa shape index (κ2) is 8.02. The molecule has 0 atom stereocenters. The van der Waals surface area contributed by atoms with Crippen LogP contribution in [0.2, 0.25) is 0 Å². The maximum atomic E-state index is 13.9. The highest BCUT2D eigenvalue weighted by Crippen LogP contribution is 2.36. The number of halogens is 4. The molecule has 12 nitrogen and oxygen atoms in total. The molecular weight excluding hydrogens is 424 g/mol. The molecule has 2 rings (SSSR count). The summed E-state index contributed by atoms with van der Waals surface area (Å²) in [6.45, 7) is 0. The predicted molar refractivity (Wildman–Crippen MR) is 88.9 cm³/mol. The molecule has 0 bridgehead atoms. The first kappa shape index (κ1) is 22.1. The van der Waals surface area contributed by atoms with Crippen LogP contribution in [-0.4, -0.2) is 43.5 Å². The van der Waals surface area contributed by atoms with Gasteiger partial charge in [-0.3, -0.25) is 29.8 Å². The van der Waals surface area contributed by atoms with E-state index in [4.69, 9.17) is 0 Å². The van der Waals surface area contributed by atoms with Crippen LogP contribution in [0.3, 0.4) is 0 Å². The predicted octanol–water partition coefficient (Wildman–Crippen LogP) is 2.14. The molecule has 0 fully saturated rings. The molecular formula is C14H8F4N6O6. The maximum absolute atomic E-state index is 13.9. The Morgan fingerprint density at radius 1 is 0.767 bits per heavy atom. The number of nitro groups is 2. The van der Waals surface area contributed by atoms with Crippen LogP contribution in [-0.2, 0) is 9.59 Å². The minimum Gasteiger partial charge on any atom is -0.305 e. The van der Waals surface area contributed by atoms with Gasteiger partial charge in [-0.25, -0.2) is 9.97 Å². The van der Waals surface area contributed by atoms with E-state index in [9.17, 15) is 47.4 Å². The Morgan fingerprint density at radius 2 is 1.10 bits per heavy atom. The van der Waals surface area contributed by atoms with Crippen LogP contribution in [0.15, 0.2) is 36.7 Å². The van der Waals surface area contributed by atoms with Crippen LogP contribution in [0.5, 0.6) is 0 Å². The van der Waals surface area contributed by atoms with Crippen molar-refractivity contribution in [3.63, 3.8) is 0 Å². The van der Waals surface area contributed by atoms with Crippen molar-refractivity contribution in [1.29, 1.82) is 0 Å². The van der Waals surface area contributed by atoms with Crippen LogP contribution >= 0.6 is 0 Å². The Morgan fingerprint density at radius 3 is 1.33 bits per heavy atom. The number of amides is 2. The molecule has 30 heavy (non-hydrogen) atoms. The second-order valence-corrected chi connectivity index (χ2v) is 5.37. The van der Waals surface area contributed by atoms with Gasteiger partial charge in [0.2, 0.25) is 0 Å². The number of nitrogens with zero attached hydrogens (tertiary/aromatic N) is 4. The van der Waals surface area contributed by atoms with Crippen LogP contribution in [0.1, 0.15) is 0 Å². The topological polar surface area (TPSA) is 170 Å². The molecule has 0 aliphatic heterocycles. The quantitative estimate of drug-likeness (QED) is 0.381. The van der Waals surface area contributed by atoms with Crippen molar-refractivity contribution in [2.24, 2.45) is 0 Å². The SMILES string of the molecule is O=C(Nc1ccc([N+](=O)[O-])cn1)C(F)(F)C(F)(F)C(=O)Nc1ccc([N+](=O)[O-])cn1. The van der Waals surface area contributed by atoms with Crippen LogP contribution < -0.4 is 10.6 Å². The summed E-state index contributed by atoms with van der Waals surface area (Å²) in [6, 6.07) is 2.97. The van der Waals surface area contributed by atoms with E-state index in [1.165, 1.54) is 10.6 Å². The number of carbonyl (C=O) groups is 2. The minimum absolute atomic E-state index is 0.555. The molecule has 0 aliphatic rings. The Kier molecular flexibility index (Phi) is 5.89. The molecule has 0 saturated heterocycles. The Bertz CT molecular complexity index is 917. The fourth-order valence-electron chi connectivity index (χ4n) is 1.81. The van der Waals surface area contributed by atoms with Gasteiger partial charge < -0.3 is 10.6 Å². The molecule has 0 aromatic carbocycles. The lowest BCUT2D eigenvalue weighted by Crippen LogP contribution is -2.56. The third kappa shape index (κ3) is 4.42. The number of nitrogens with one attached hydrogen (secondary N) is 2. The highest BCUT2D eigenvalue weighted by molar-refractivity contribution is 6.05. The number of hydrogen-bond donors (Lipinski definition) is 2. The number of carbonyl (C=O) groups excluding carboxylic acids is 2. The lowest BCUT2D eigenvalue weighted by Gasteiger charge is -2.24. The number of alkyl halides is 4. The van der Waals surface area contributed by atoms with Gasteiger partial charge in [0, 0.05) is 12.1 Å². The highest BCUT2D eigenvalue weighted by atomic mass is 19.3. The van der Waals surface area contributed by atoms with E-state index in [0.29, 0.717) is 24.5 Å². The third-order valence-corrected chi connectivity index (χ3v) is 3.37. The highest BCUT2D eigenvalue weighted by Gasteiger charge is 2.67. The Balaban J connectivity index is 2.14. The van der Waals surface area contributed by atoms with Crippen molar-refractivity contribution in [2.45, 2.75) is 11.8 Å². The molecule has 2 heterocycles. The number of rotatable bonds is 7. The molecule has 0 saturated carbocycles. The largest absolute Gasteiger partial charge is 0.396 e. The first-order chi connectivity index (χ1) is 13.9. The van der Waals surface area contributed by atoms with Gasteiger partial charge in [0.1, 0.15) is 24.0 Å². The second-order valence-electron chi connectivity index (χ2n) is 5.37. The van der Waals surface area contributed by atoms with E-state index in [-0.39, 0.29) is 0 Å². The molecule has 0 spiro atoms. The zero-order chi connectivity index (χ0) is 22.7. The third-order valence-electron chi connectivity index (χ3n) is 3.37. The fraction of sp³-hybridized carbons (Fsp3) is 0.143. The smallest absolute Gasteiger partial charge is 0.305 e. The monoisotopic (exact) mass is 432 g/mol. The summed E-state index contributed by atoms with van der Waals surface area (Å²) in [4.78, 5) is 48.9. The summed E-state index contributed by atoms with van der Waals surface area (Å²) in [6.07, 6.45) is 1.16. The van der Waals surface area contributed by atoms with Crippen molar-refractivity contribution in [3.8, 4) is 0 Å². The van der Waals surface area contributed by atoms with Crippen LogP contribution in [0, 0.1) is 20.2 Å². The van der Waals surface area contributed by atoms with Gasteiger partial charge in [-0.15, -0.1) is 0 Å². The maximum Gasteiger partial charge on any atom is 0.396 e. The van der Waals surface area contributed by atoms with Crippen LogP contribution in [0.25, 0.3) is 0 Å². The Hall–Kier alpha value is -4.24. The molecule has 0 radical (unpaired) electrons. The normalized spacial score (nSPS) is 11.5. The number of aromatic nitrogens is 2. The van der Waals surface area contributed by atoms with E-state index in [2.05, 4.69) is 9.97 Å². The van der Waals surface area contributed by atoms with Gasteiger partial charge in [0.25, 0.3) is 11.4 Å². The van der Waals surface area contributed by atoms with E-state index < -0.39 is 56.5 Å². The number of anilines is 2. The Labute approximate surface area is 162 Å². The average Bonchev–Trinajstić information content (AvgIpc) is 2.68. The summed E-state index contributed by atoms with van der Waals surface area (Å²) in [5.74, 6) is -17.8. The van der Waals surface area contributed by atoms with Gasteiger partial charge in [-0.05, 0) is 12.1 Å². The molecule has 2 amide bonds. The molecule has 2 N–H and O–H groups in total. The first-order valence-corrected chi connectivity index (χ1v) is 7.45. The van der Waals surface area contributed by atoms with Gasteiger partial charge in [-0.2, -0.15) is 17.6 Å². The zero-order valence-electron chi connectivity index (χ0n) is 14.2. The van der Waals surface area contributed by atoms with E-state index in [1.54, 1.807) is 0 Å². The summed E-state index contributed by atoms with van der Waals surface area (Å²) in [7, 11) is 0. The van der Waals surface area contributed by atoms with Crippen molar-refractivity contribution < 1.29 is 37.0 Å². The molecule has 0 unspecified atom stereocenters. The van der Waals surface area contributed by atoms with E-state index in [1.807, 2.05) is 0 Å². The average molecular weight is 432 g/mol. The minimum atomic E-state index is -5.57. The summed E-state index contributed by atoms with van der Waals surface area (Å²) >= 11 is 0. The van der Waals surface area contributed by atoms with E-state index >= 15 is 0 Å². The molecule has 2 aromatic heterocycles. The zero-order valence-corrected chi connectivity index (χ0v) is 14.2. The van der Waals surface area contributed by atoms with Gasteiger partial charge in [0.15, 0.2) is 0 Å². The summed E-state index contributed by atoms with van der Waals surface area (Å²) < 4.78 is 55.8. The standard InChI is InChI=1S/C14H8F4N6O6/c15-13(16,11(25)21-9-3-1-7(5-19-9)23(27)28)14(17,18)12(26)22-10-4-2-8(6-20-10)24(29)30/h1-6H,(H,19,21,25)(H,20,22,26).